The van der Waals surface area contributed by atoms with E-state index in [4.69, 9.17) is 0 Å². The highest BCUT2D eigenvalue weighted by molar-refractivity contribution is 6.28. The molecule has 0 unspecified atom stereocenters. The Morgan fingerprint density at radius 1 is 0.417 bits per heavy atom. The SMILES string of the molecule is CN(c1ccccc1)c1c2c(=O)c3c(N(C)c4ccccc4)c4ccccc4c-3c-2c2ccccc12. The largest absolute Gasteiger partial charge is 0.343 e. The van der Waals surface area contributed by atoms with Crippen LogP contribution in [0.1, 0.15) is 0 Å². The number of hydrogen-bond acceptors (Lipinski definition) is 3. The Hall–Kier alpha value is -4.63. The Morgan fingerprint density at radius 2 is 0.750 bits per heavy atom. The lowest BCUT2D eigenvalue weighted by Crippen LogP contribution is -2.14. The van der Waals surface area contributed by atoms with Crippen molar-refractivity contribution in [3.05, 3.63) is 119 Å². The molecule has 4 aromatic carbocycles. The molecular formula is C33H24N2O. The molecule has 0 radical (unpaired) electrons. The third-order valence-corrected chi connectivity index (χ3v) is 7.54. The number of rotatable bonds is 4. The predicted molar refractivity (Wildman–Crippen MR) is 152 cm³/mol. The van der Waals surface area contributed by atoms with Crippen molar-refractivity contribution in [3.63, 3.8) is 0 Å². The maximum atomic E-state index is 14.5. The van der Waals surface area contributed by atoms with E-state index in [0.717, 1.165) is 66.5 Å². The maximum absolute atomic E-state index is 14.5. The molecule has 3 aliphatic rings. The average molecular weight is 465 g/mol. The normalized spacial score (nSPS) is 11.7. The Bertz CT molecular complexity index is 1690. The molecule has 0 amide bonds. The molecule has 0 N–H and O–H groups in total. The van der Waals surface area contributed by atoms with E-state index in [1.165, 1.54) is 0 Å². The summed E-state index contributed by atoms with van der Waals surface area (Å²) in [5.41, 5.74) is 7.91. The fourth-order valence-corrected chi connectivity index (χ4v) is 5.94. The first kappa shape index (κ1) is 20.7. The Morgan fingerprint density at radius 3 is 1.14 bits per heavy atom. The predicted octanol–water partition coefficient (Wildman–Crippen LogP) is 7.97. The first-order valence-electron chi connectivity index (χ1n) is 12.2. The lowest BCUT2D eigenvalue weighted by atomic mass is 10.0. The second-order valence-corrected chi connectivity index (χ2v) is 9.41. The van der Waals surface area contributed by atoms with Gasteiger partial charge in [-0.3, -0.25) is 4.79 Å². The Kier molecular flexibility index (Phi) is 4.43. The molecule has 0 spiro atoms. The van der Waals surface area contributed by atoms with Gasteiger partial charge in [0.05, 0.1) is 22.5 Å². The van der Waals surface area contributed by atoms with Crippen LogP contribution in [0, 0.1) is 0 Å². The molecule has 36 heavy (non-hydrogen) atoms. The Balaban J connectivity index is 1.63. The van der Waals surface area contributed by atoms with Gasteiger partial charge in [0.25, 0.3) is 0 Å². The van der Waals surface area contributed by atoms with E-state index in [0.29, 0.717) is 0 Å². The second-order valence-electron chi connectivity index (χ2n) is 9.41. The molecule has 7 rings (SSSR count). The molecule has 3 aliphatic carbocycles. The first-order chi connectivity index (χ1) is 17.7. The summed E-state index contributed by atoms with van der Waals surface area (Å²) in [6, 6.07) is 37.4. The smallest absolute Gasteiger partial charge is 0.198 e. The Labute approximate surface area is 209 Å². The number of hydrogen-bond donors (Lipinski definition) is 0. The molecule has 0 saturated carbocycles. The molecule has 0 heterocycles. The zero-order valence-electron chi connectivity index (χ0n) is 20.2. The van der Waals surface area contributed by atoms with E-state index in [1.807, 2.05) is 36.4 Å². The van der Waals surface area contributed by atoms with E-state index in [-0.39, 0.29) is 5.43 Å². The van der Waals surface area contributed by atoms with Gasteiger partial charge in [-0.1, -0.05) is 84.9 Å². The molecule has 0 saturated heterocycles. The first-order valence-corrected chi connectivity index (χ1v) is 12.2. The van der Waals surface area contributed by atoms with Gasteiger partial charge in [-0.05, 0) is 35.0 Å². The zero-order chi connectivity index (χ0) is 24.4. The number of fused-ring (bicyclic) bond motifs is 7. The van der Waals surface area contributed by atoms with Crippen LogP contribution in [0.15, 0.2) is 114 Å². The van der Waals surface area contributed by atoms with E-state index in [9.17, 15) is 4.79 Å². The minimum absolute atomic E-state index is 0.1000. The summed E-state index contributed by atoms with van der Waals surface area (Å²) in [5.74, 6) is 0. The van der Waals surface area contributed by atoms with Crippen molar-refractivity contribution in [3.8, 4) is 22.3 Å². The number of benzene rings is 4. The van der Waals surface area contributed by atoms with E-state index in [1.54, 1.807) is 0 Å². The van der Waals surface area contributed by atoms with Gasteiger partial charge >= 0.3 is 0 Å². The molecule has 3 nitrogen and oxygen atoms in total. The second kappa shape index (κ2) is 7.69. The summed E-state index contributed by atoms with van der Waals surface area (Å²) >= 11 is 0. The van der Waals surface area contributed by atoms with Crippen LogP contribution in [0.25, 0.3) is 43.8 Å². The van der Waals surface area contributed by atoms with Crippen molar-refractivity contribution in [2.24, 2.45) is 0 Å². The van der Waals surface area contributed by atoms with Crippen molar-refractivity contribution in [2.75, 3.05) is 23.9 Å². The third-order valence-electron chi connectivity index (χ3n) is 7.54. The van der Waals surface area contributed by atoms with Gasteiger partial charge in [-0.2, -0.15) is 0 Å². The standard InChI is InChI=1S/C33H24N2O/c1-34(21-13-5-3-6-14-21)31-25-19-11-9-17-23(25)27-28-24-18-10-12-20-26(24)32(30(28)33(36)29(27)31)35(2)22-15-7-4-8-16-22/h3-20H,1-2H3. The molecular weight excluding hydrogens is 440 g/mol. The van der Waals surface area contributed by atoms with E-state index in [2.05, 4.69) is 96.7 Å². The summed E-state index contributed by atoms with van der Waals surface area (Å²) in [5, 5.41) is 4.47. The molecule has 3 heteroatoms. The molecule has 0 aromatic heterocycles. The maximum Gasteiger partial charge on any atom is 0.198 e. The van der Waals surface area contributed by atoms with Crippen LogP contribution in [-0.4, -0.2) is 14.1 Å². The van der Waals surface area contributed by atoms with Gasteiger partial charge in [0.15, 0.2) is 5.43 Å². The third kappa shape index (κ3) is 2.71. The van der Waals surface area contributed by atoms with Gasteiger partial charge in [0.2, 0.25) is 0 Å². The summed E-state index contributed by atoms with van der Waals surface area (Å²) in [6.45, 7) is 0. The molecule has 0 aliphatic heterocycles. The van der Waals surface area contributed by atoms with Crippen molar-refractivity contribution < 1.29 is 0 Å². The minimum Gasteiger partial charge on any atom is -0.343 e. The minimum atomic E-state index is 0.1000. The van der Waals surface area contributed by atoms with Gasteiger partial charge in [0, 0.05) is 47.4 Å². The fraction of sp³-hybridized carbons (Fsp3) is 0.0606. The molecule has 0 fully saturated rings. The topological polar surface area (TPSA) is 23.6 Å². The fourth-order valence-electron chi connectivity index (χ4n) is 5.94. The van der Waals surface area contributed by atoms with Crippen LogP contribution >= 0.6 is 0 Å². The molecule has 4 aromatic rings. The van der Waals surface area contributed by atoms with E-state index < -0.39 is 0 Å². The molecule has 172 valence electrons. The van der Waals surface area contributed by atoms with Crippen molar-refractivity contribution in [1.82, 2.24) is 0 Å². The number of anilines is 4. The van der Waals surface area contributed by atoms with Crippen molar-refractivity contribution >= 4 is 44.3 Å². The van der Waals surface area contributed by atoms with Crippen LogP contribution < -0.4 is 15.2 Å². The summed E-state index contributed by atoms with van der Waals surface area (Å²) < 4.78 is 0. The summed E-state index contributed by atoms with van der Waals surface area (Å²) in [6.07, 6.45) is 0. The number of para-hydroxylation sites is 2. The monoisotopic (exact) mass is 464 g/mol. The highest BCUT2D eigenvalue weighted by Gasteiger charge is 2.36. The lowest BCUT2D eigenvalue weighted by molar-refractivity contribution is 1.22. The average Bonchev–Trinajstić information content (AvgIpc) is 3.55. The van der Waals surface area contributed by atoms with Crippen LogP contribution in [0.4, 0.5) is 22.7 Å². The van der Waals surface area contributed by atoms with Crippen LogP contribution in [-0.2, 0) is 0 Å². The van der Waals surface area contributed by atoms with Gasteiger partial charge in [0.1, 0.15) is 0 Å². The van der Waals surface area contributed by atoms with Crippen LogP contribution in [0.5, 0.6) is 0 Å². The van der Waals surface area contributed by atoms with Crippen molar-refractivity contribution in [1.29, 1.82) is 0 Å². The summed E-state index contributed by atoms with van der Waals surface area (Å²) in [4.78, 5) is 18.8. The molecule has 0 bridgehead atoms. The highest BCUT2D eigenvalue weighted by atomic mass is 16.1. The quantitative estimate of drug-likeness (QED) is 0.264. The van der Waals surface area contributed by atoms with Gasteiger partial charge in [-0.25, -0.2) is 0 Å². The lowest BCUT2D eigenvalue weighted by Gasteiger charge is -2.21. The van der Waals surface area contributed by atoms with Crippen molar-refractivity contribution in [2.45, 2.75) is 0 Å². The summed E-state index contributed by atoms with van der Waals surface area (Å²) in [7, 11) is 4.12. The van der Waals surface area contributed by atoms with E-state index >= 15 is 0 Å². The zero-order valence-corrected chi connectivity index (χ0v) is 20.2. The van der Waals surface area contributed by atoms with Gasteiger partial charge < -0.3 is 9.80 Å². The van der Waals surface area contributed by atoms with Gasteiger partial charge in [-0.15, -0.1) is 0 Å². The number of nitrogens with zero attached hydrogens (tertiary/aromatic N) is 2. The highest BCUT2D eigenvalue weighted by Crippen LogP contribution is 2.57. The van der Waals surface area contributed by atoms with Crippen LogP contribution in [0.3, 0.4) is 0 Å². The molecule has 0 atom stereocenters. The van der Waals surface area contributed by atoms with Crippen LogP contribution in [0.2, 0.25) is 0 Å².